The number of nitrogens with zero attached hydrogens (tertiary/aromatic N) is 2. The van der Waals surface area contributed by atoms with Gasteiger partial charge in [0.05, 0.1) is 19.2 Å². The molecule has 0 aromatic heterocycles. The Kier molecular flexibility index (Phi) is 14.4. The molecular weight excluding hydrogens is 379 g/mol. The van der Waals surface area contributed by atoms with E-state index in [-0.39, 0.29) is 0 Å². The number of nitrogens with one attached hydrogen (secondary N) is 2. The monoisotopic (exact) mass is 416 g/mol. The summed E-state index contributed by atoms with van der Waals surface area (Å²) >= 11 is 0. The molecule has 0 atom stereocenters. The van der Waals surface area contributed by atoms with Crippen LogP contribution in [-0.4, -0.2) is 31.6 Å². The van der Waals surface area contributed by atoms with Crippen LogP contribution in [0, 0.1) is 0 Å². The van der Waals surface area contributed by atoms with Gasteiger partial charge >= 0.3 is 0 Å². The molecule has 0 spiro atoms. The lowest BCUT2D eigenvalue weighted by Gasteiger charge is -2.16. The summed E-state index contributed by atoms with van der Waals surface area (Å²) in [5, 5.41) is 15.1. The molecule has 0 aliphatic rings. The molecule has 0 aliphatic carbocycles. The summed E-state index contributed by atoms with van der Waals surface area (Å²) < 4.78 is 17.2. The van der Waals surface area contributed by atoms with E-state index in [9.17, 15) is 4.39 Å². The third kappa shape index (κ3) is 11.8. The second kappa shape index (κ2) is 16.0. The fraction of sp³-hybridized carbons (Fsp3) is 0.417. The molecule has 0 unspecified atom stereocenters. The predicted molar refractivity (Wildman–Crippen MR) is 128 cm³/mol. The first-order valence-electron chi connectivity index (χ1n) is 10.0. The number of methoxy groups -OCH3 is 1. The quantitative estimate of drug-likeness (QED) is 0.185. The summed E-state index contributed by atoms with van der Waals surface area (Å²) in [4.78, 5) is 0. The Morgan fingerprint density at radius 1 is 1.10 bits per heavy atom. The fourth-order valence-electron chi connectivity index (χ4n) is 2.45. The molecule has 0 aromatic carbocycles. The summed E-state index contributed by atoms with van der Waals surface area (Å²) in [6.07, 6.45) is 12.7. The maximum atomic E-state index is 12.0. The zero-order valence-corrected chi connectivity index (χ0v) is 19.6. The van der Waals surface area contributed by atoms with Crippen LogP contribution in [0.15, 0.2) is 81.3 Å². The molecule has 0 radical (unpaired) electrons. The summed E-state index contributed by atoms with van der Waals surface area (Å²) in [6, 6.07) is 0.349. The zero-order chi connectivity index (χ0) is 22.9. The summed E-state index contributed by atoms with van der Waals surface area (Å²) in [6.45, 7) is 14.7. The topological polar surface area (TPSA) is 58.0 Å². The van der Waals surface area contributed by atoms with E-state index in [1.54, 1.807) is 25.5 Å². The van der Waals surface area contributed by atoms with Crippen molar-refractivity contribution in [1.29, 1.82) is 0 Å². The number of rotatable bonds is 12. The summed E-state index contributed by atoms with van der Waals surface area (Å²) in [5.41, 5.74) is 5.06. The van der Waals surface area contributed by atoms with Gasteiger partial charge in [0.15, 0.2) is 0 Å². The minimum absolute atomic E-state index is 0.349. The Morgan fingerprint density at radius 2 is 1.80 bits per heavy atom. The van der Waals surface area contributed by atoms with Crippen LogP contribution >= 0.6 is 0 Å². The van der Waals surface area contributed by atoms with E-state index in [2.05, 4.69) is 48.5 Å². The highest BCUT2D eigenvalue weighted by Crippen LogP contribution is 2.16. The minimum Gasteiger partial charge on any atom is -0.497 e. The molecule has 30 heavy (non-hydrogen) atoms. The van der Waals surface area contributed by atoms with Gasteiger partial charge < -0.3 is 15.4 Å². The van der Waals surface area contributed by atoms with Gasteiger partial charge in [-0.15, -0.1) is 0 Å². The number of ether oxygens (including phenoxy) is 1. The molecule has 0 aromatic rings. The van der Waals surface area contributed by atoms with Crippen molar-refractivity contribution < 1.29 is 9.13 Å². The fourth-order valence-corrected chi connectivity index (χ4v) is 2.45. The molecule has 6 heteroatoms. The van der Waals surface area contributed by atoms with Gasteiger partial charge in [-0.2, -0.15) is 10.2 Å². The van der Waals surface area contributed by atoms with E-state index in [4.69, 9.17) is 4.74 Å². The van der Waals surface area contributed by atoms with Crippen molar-refractivity contribution in [1.82, 2.24) is 10.6 Å². The van der Waals surface area contributed by atoms with E-state index in [1.165, 1.54) is 6.08 Å². The zero-order valence-electron chi connectivity index (χ0n) is 19.6. The molecule has 0 bridgehead atoms. The van der Waals surface area contributed by atoms with Crippen LogP contribution in [-0.2, 0) is 4.74 Å². The molecule has 0 amide bonds. The van der Waals surface area contributed by atoms with E-state index >= 15 is 0 Å². The molecule has 2 N–H and O–H groups in total. The first-order chi connectivity index (χ1) is 14.3. The van der Waals surface area contributed by atoms with Crippen LogP contribution in [0.3, 0.4) is 0 Å². The minimum atomic E-state index is 0.349. The Morgan fingerprint density at radius 3 is 2.37 bits per heavy atom. The van der Waals surface area contributed by atoms with E-state index < -0.39 is 0 Å². The molecular formula is C24H37FN4O. The average molecular weight is 417 g/mol. The smallest absolute Gasteiger partial charge is 0.116 e. The van der Waals surface area contributed by atoms with Gasteiger partial charge in [-0.3, -0.25) is 0 Å². The number of hydrogen-bond acceptors (Lipinski definition) is 5. The highest BCUT2D eigenvalue weighted by atomic mass is 19.1. The van der Waals surface area contributed by atoms with Gasteiger partial charge in [0.25, 0.3) is 0 Å². The van der Waals surface area contributed by atoms with Crippen molar-refractivity contribution in [2.24, 2.45) is 10.2 Å². The summed E-state index contributed by atoms with van der Waals surface area (Å²) in [7, 11) is 1.58. The number of hydrogen-bond donors (Lipinski definition) is 2. The average Bonchev–Trinajstić information content (AvgIpc) is 2.70. The molecule has 5 nitrogen and oxygen atoms in total. The molecule has 0 heterocycles. The van der Waals surface area contributed by atoms with Crippen LogP contribution in [0.5, 0.6) is 0 Å². The predicted octanol–water partition coefficient (Wildman–Crippen LogP) is 5.73. The van der Waals surface area contributed by atoms with Crippen molar-refractivity contribution >= 4 is 11.9 Å². The van der Waals surface area contributed by atoms with Gasteiger partial charge in [-0.25, -0.2) is 4.39 Å². The van der Waals surface area contributed by atoms with Crippen molar-refractivity contribution in [3.63, 3.8) is 0 Å². The van der Waals surface area contributed by atoms with E-state index in [1.807, 2.05) is 39.0 Å². The van der Waals surface area contributed by atoms with Gasteiger partial charge in [0.2, 0.25) is 0 Å². The van der Waals surface area contributed by atoms with Crippen molar-refractivity contribution in [2.45, 2.75) is 54.5 Å². The highest BCUT2D eigenvalue weighted by molar-refractivity contribution is 6.02. The largest absolute Gasteiger partial charge is 0.497 e. The third-order valence-electron chi connectivity index (χ3n) is 4.05. The molecule has 0 saturated heterocycles. The van der Waals surface area contributed by atoms with Crippen LogP contribution in [0.4, 0.5) is 4.39 Å². The summed E-state index contributed by atoms with van der Waals surface area (Å²) in [5.74, 6) is 0.652. The highest BCUT2D eigenvalue weighted by Gasteiger charge is 2.08. The lowest BCUT2D eigenvalue weighted by Crippen LogP contribution is -2.22. The third-order valence-corrected chi connectivity index (χ3v) is 4.05. The van der Waals surface area contributed by atoms with Crippen molar-refractivity contribution in [3.8, 4) is 0 Å². The maximum Gasteiger partial charge on any atom is 0.116 e. The molecule has 0 saturated carbocycles. The second-order valence-electron chi connectivity index (χ2n) is 6.91. The van der Waals surface area contributed by atoms with Crippen LogP contribution in [0.1, 0.15) is 48.5 Å². The molecule has 0 fully saturated rings. The Labute approximate surface area is 181 Å². The van der Waals surface area contributed by atoms with Gasteiger partial charge in [-0.1, -0.05) is 12.2 Å². The Balaban J connectivity index is 5.56. The van der Waals surface area contributed by atoms with E-state index in [0.29, 0.717) is 24.7 Å². The normalized spacial score (nSPS) is 15.5. The standard InChI is InChI=1S/C24H37FN4O/c1-9-27-29-22(7)24(20(5)21(6)28-18(2)3)14-13-19(4)26-17-15-23(30-8)12-10-11-16-25/h9-16,18,26,28H,17H2,1-8H3/b12-10-,16-11+,19-13+,21-20+,23-15-,24-14-,27-9-,29-22+. The van der Waals surface area contributed by atoms with Crippen LogP contribution < -0.4 is 10.6 Å². The second-order valence-corrected chi connectivity index (χ2v) is 6.91. The number of allylic oxidation sites excluding steroid dienone is 9. The van der Waals surface area contributed by atoms with Gasteiger partial charge in [0, 0.05) is 35.8 Å². The molecule has 166 valence electrons. The maximum absolute atomic E-state index is 12.0. The first-order valence-corrected chi connectivity index (χ1v) is 10.0. The lowest BCUT2D eigenvalue weighted by atomic mass is 10.0. The van der Waals surface area contributed by atoms with Crippen LogP contribution in [0.2, 0.25) is 0 Å². The Hall–Kier alpha value is -2.89. The first kappa shape index (κ1) is 27.1. The van der Waals surface area contributed by atoms with Crippen molar-refractivity contribution in [3.05, 3.63) is 71.1 Å². The van der Waals surface area contributed by atoms with Gasteiger partial charge in [-0.05, 0) is 78.3 Å². The van der Waals surface area contributed by atoms with E-state index in [0.717, 1.165) is 28.3 Å². The SMILES string of the molecule is C\C=N/N=C(C)/C(=C\C=C(/C)NC/C=C(/C=C\C=C\F)OC)C(/C)=C(\C)NC(C)C. The van der Waals surface area contributed by atoms with Crippen LogP contribution in [0.25, 0.3) is 0 Å². The number of halogens is 1. The molecule has 0 rings (SSSR count). The molecule has 0 aliphatic heterocycles. The lowest BCUT2D eigenvalue weighted by molar-refractivity contribution is 0.305. The van der Waals surface area contributed by atoms with Gasteiger partial charge in [0.1, 0.15) is 5.76 Å². The Bertz CT molecular complexity index is 766. The van der Waals surface area contributed by atoms with Crippen molar-refractivity contribution in [2.75, 3.05) is 13.7 Å².